The van der Waals surface area contributed by atoms with Gasteiger partial charge in [0.05, 0.1) is 39.9 Å². The number of nitrogens with one attached hydrogen (secondary N) is 1. The number of hydrogen-bond acceptors (Lipinski definition) is 5. The van der Waals surface area contributed by atoms with E-state index >= 15 is 0 Å². The SMILES string of the molecule is CC/C=C\C/C=C\C/C=C\C/C=C\C/C=C\C/C=C\C/C=C\C/C=C\C/C=C\C/C=C\CCCCC(=O)NC(COP(=O)(O)OCC[N+](C)(C)C)C(O)/C=C/CC/C=C/CC/C=C/CCCCCCCCCCCCCCCC. The van der Waals surface area contributed by atoms with Crippen molar-refractivity contribution >= 4 is 13.7 Å². The van der Waals surface area contributed by atoms with E-state index in [9.17, 15) is 19.4 Å². The highest BCUT2D eigenvalue weighted by atomic mass is 31.2. The van der Waals surface area contributed by atoms with Crippen LogP contribution in [0.4, 0.5) is 0 Å². The lowest BCUT2D eigenvalue weighted by atomic mass is 10.0. The average molecular weight is 1110 g/mol. The number of likely N-dealkylation sites (N-methyl/N-ethyl adjacent to an activating group) is 1. The number of carbonyl (C=O) groups is 1. The molecule has 0 fully saturated rings. The van der Waals surface area contributed by atoms with Crippen molar-refractivity contribution in [2.24, 2.45) is 0 Å². The first-order chi connectivity index (χ1) is 38.5. The van der Waals surface area contributed by atoms with Crippen molar-refractivity contribution in [1.82, 2.24) is 5.32 Å². The number of carbonyl (C=O) groups excluding carboxylic acids is 1. The Hall–Kier alpha value is -3.88. The molecule has 0 aliphatic rings. The Morgan fingerprint density at radius 3 is 1.16 bits per heavy atom. The van der Waals surface area contributed by atoms with Gasteiger partial charge >= 0.3 is 7.82 Å². The molecule has 0 aromatic carbocycles. The highest BCUT2D eigenvalue weighted by molar-refractivity contribution is 7.47. The van der Waals surface area contributed by atoms with Gasteiger partial charge in [-0.3, -0.25) is 13.8 Å². The molecule has 0 heterocycles. The molecule has 0 aromatic heterocycles. The molecule has 0 saturated heterocycles. The van der Waals surface area contributed by atoms with Crippen LogP contribution in [0.15, 0.2) is 158 Å². The fourth-order valence-corrected chi connectivity index (χ4v) is 8.84. The van der Waals surface area contributed by atoms with Crippen molar-refractivity contribution in [3.05, 3.63) is 158 Å². The molecule has 3 N–H and O–H groups in total. The minimum absolute atomic E-state index is 0.0356. The quantitative estimate of drug-likeness (QED) is 0.0243. The van der Waals surface area contributed by atoms with Gasteiger partial charge in [0, 0.05) is 6.42 Å². The number of amides is 1. The van der Waals surface area contributed by atoms with E-state index in [4.69, 9.17) is 9.05 Å². The number of quaternary nitrogens is 1. The molecule has 1 amide bonds. The number of allylic oxidation sites excluding steroid dienone is 25. The third kappa shape index (κ3) is 61.6. The molecule has 0 saturated carbocycles. The van der Waals surface area contributed by atoms with E-state index in [2.05, 4.69) is 165 Å². The summed E-state index contributed by atoms with van der Waals surface area (Å²) in [7, 11) is 1.49. The lowest BCUT2D eigenvalue weighted by Crippen LogP contribution is -2.45. The summed E-state index contributed by atoms with van der Waals surface area (Å²) < 4.78 is 23.7. The Balaban J connectivity index is 4.38. The number of rotatable bonds is 55. The third-order valence-corrected chi connectivity index (χ3v) is 13.9. The van der Waals surface area contributed by atoms with Crippen LogP contribution < -0.4 is 5.32 Å². The van der Waals surface area contributed by atoms with E-state index in [0.717, 1.165) is 103 Å². The van der Waals surface area contributed by atoms with Gasteiger partial charge in [-0.1, -0.05) is 255 Å². The molecule has 79 heavy (non-hydrogen) atoms. The van der Waals surface area contributed by atoms with E-state index in [0.29, 0.717) is 17.4 Å². The number of unbranched alkanes of at least 4 members (excludes halogenated alkanes) is 18. The number of phosphoric ester groups is 1. The van der Waals surface area contributed by atoms with Gasteiger partial charge in [-0.25, -0.2) is 4.57 Å². The minimum atomic E-state index is -4.39. The summed E-state index contributed by atoms with van der Waals surface area (Å²) in [5.41, 5.74) is 0. The van der Waals surface area contributed by atoms with Gasteiger partial charge in [-0.15, -0.1) is 0 Å². The van der Waals surface area contributed by atoms with Crippen LogP contribution in [0.25, 0.3) is 0 Å². The normalized spacial score (nSPS) is 14.9. The number of nitrogens with zero attached hydrogens (tertiary/aromatic N) is 1. The number of aliphatic hydroxyl groups is 1. The van der Waals surface area contributed by atoms with Gasteiger partial charge in [0.1, 0.15) is 13.2 Å². The fourth-order valence-electron chi connectivity index (χ4n) is 8.10. The molecular weight excluding hydrogens is 996 g/mol. The Bertz CT molecular complexity index is 1840. The third-order valence-electron chi connectivity index (χ3n) is 13.0. The molecule has 0 aliphatic heterocycles. The summed E-state index contributed by atoms with van der Waals surface area (Å²) in [6, 6.07) is -0.907. The van der Waals surface area contributed by atoms with Crippen LogP contribution in [-0.2, 0) is 18.4 Å². The first-order valence-corrected chi connectivity index (χ1v) is 32.9. The molecule has 0 aromatic rings. The molecule has 3 atom stereocenters. The van der Waals surface area contributed by atoms with Gasteiger partial charge < -0.3 is 19.8 Å². The number of aliphatic hydroxyl groups excluding tert-OH is 1. The zero-order chi connectivity index (χ0) is 57.7. The Morgan fingerprint density at radius 2 is 0.772 bits per heavy atom. The van der Waals surface area contributed by atoms with Crippen LogP contribution in [0.1, 0.15) is 226 Å². The molecule has 3 unspecified atom stereocenters. The zero-order valence-corrected chi connectivity index (χ0v) is 51.9. The summed E-state index contributed by atoms with van der Waals surface area (Å²) in [4.78, 5) is 23.3. The molecule has 0 radical (unpaired) electrons. The van der Waals surface area contributed by atoms with Gasteiger partial charge in [0.15, 0.2) is 0 Å². The van der Waals surface area contributed by atoms with Gasteiger partial charge in [-0.2, -0.15) is 0 Å². The zero-order valence-electron chi connectivity index (χ0n) is 51.0. The van der Waals surface area contributed by atoms with E-state index in [-0.39, 0.29) is 25.5 Å². The summed E-state index contributed by atoms with van der Waals surface area (Å²) in [6.45, 7) is 4.63. The maximum absolute atomic E-state index is 13.0. The van der Waals surface area contributed by atoms with E-state index in [1.165, 1.54) is 96.3 Å². The van der Waals surface area contributed by atoms with Crippen molar-refractivity contribution < 1.29 is 32.9 Å². The second-order valence-electron chi connectivity index (χ2n) is 21.7. The Morgan fingerprint density at radius 1 is 0.443 bits per heavy atom. The monoisotopic (exact) mass is 1110 g/mol. The highest BCUT2D eigenvalue weighted by Gasteiger charge is 2.27. The lowest BCUT2D eigenvalue weighted by molar-refractivity contribution is -0.870. The topological polar surface area (TPSA) is 105 Å². The molecular formula is C70H118N2O6P+. The van der Waals surface area contributed by atoms with E-state index < -0.39 is 20.0 Å². The Labute approximate surface area is 486 Å². The summed E-state index contributed by atoms with van der Waals surface area (Å²) in [6.07, 6.45) is 92.2. The van der Waals surface area contributed by atoms with Gasteiger partial charge in [-0.05, 0) is 122 Å². The Kier molecular flexibility index (Phi) is 55.9. The van der Waals surface area contributed by atoms with Crippen LogP contribution in [0, 0.1) is 0 Å². The van der Waals surface area contributed by atoms with Crippen LogP contribution in [0.2, 0.25) is 0 Å². The first kappa shape index (κ1) is 75.1. The molecule has 448 valence electrons. The first-order valence-electron chi connectivity index (χ1n) is 31.4. The second kappa shape index (κ2) is 58.8. The van der Waals surface area contributed by atoms with Gasteiger partial charge in [0.2, 0.25) is 5.91 Å². The summed E-state index contributed by atoms with van der Waals surface area (Å²) in [5, 5.41) is 13.9. The summed E-state index contributed by atoms with van der Waals surface area (Å²) >= 11 is 0. The van der Waals surface area contributed by atoms with Crippen molar-refractivity contribution in [2.75, 3.05) is 40.9 Å². The van der Waals surface area contributed by atoms with Crippen LogP contribution >= 0.6 is 7.82 Å². The largest absolute Gasteiger partial charge is 0.472 e. The predicted molar refractivity (Wildman–Crippen MR) is 345 cm³/mol. The molecule has 0 spiro atoms. The second-order valence-corrected chi connectivity index (χ2v) is 23.1. The average Bonchev–Trinajstić information content (AvgIpc) is 3.42. The van der Waals surface area contributed by atoms with E-state index in [1.807, 2.05) is 27.2 Å². The van der Waals surface area contributed by atoms with Crippen LogP contribution in [-0.4, -0.2) is 73.4 Å². The van der Waals surface area contributed by atoms with Crippen LogP contribution in [0.3, 0.4) is 0 Å². The van der Waals surface area contributed by atoms with Crippen molar-refractivity contribution in [3.63, 3.8) is 0 Å². The van der Waals surface area contributed by atoms with Crippen LogP contribution in [0.5, 0.6) is 0 Å². The molecule has 9 heteroatoms. The minimum Gasteiger partial charge on any atom is -0.387 e. The number of phosphoric acid groups is 1. The van der Waals surface area contributed by atoms with Crippen molar-refractivity contribution in [2.45, 2.75) is 238 Å². The standard InChI is InChI=1S/C70H117N2O6P/c1-6-8-10-12-14-16-18-20-22-24-26-28-30-32-33-34-35-36-37-38-39-40-42-44-46-48-50-52-54-56-58-60-62-64-70(74)71-68(67-78-79(75,76)77-66-65-72(3,4)5)69(73)63-61-59-57-55-53-51-49-47-45-43-41-31-29-27-25-23-21-19-17-15-13-11-9-7-2/h8,10,14,16,20,22,26,28,32-33,35-36,38-39,42,44-45,47-48,50,53-56,61,63,68-69,73H,6-7,9,11-13,15,17-19,21,23-25,27,29-31,34,37,40-41,43,46,49,51-52,57-60,62,64-67H2,1-5H3,(H-,71,74,75,76)/p+1/b10-8-,16-14-,22-20-,28-26-,33-32-,36-35-,39-38-,44-42-,47-45+,50-48-,55-53+,56-54-,63-61+. The highest BCUT2D eigenvalue weighted by Crippen LogP contribution is 2.43. The molecule has 0 rings (SSSR count). The molecule has 0 aliphatic carbocycles. The van der Waals surface area contributed by atoms with E-state index in [1.54, 1.807) is 6.08 Å². The van der Waals surface area contributed by atoms with Crippen molar-refractivity contribution in [1.29, 1.82) is 0 Å². The maximum Gasteiger partial charge on any atom is 0.472 e. The maximum atomic E-state index is 13.0. The molecule has 8 nitrogen and oxygen atoms in total. The predicted octanol–water partition coefficient (Wildman–Crippen LogP) is 19.8. The fraction of sp³-hybridized carbons (Fsp3) is 0.614. The smallest absolute Gasteiger partial charge is 0.387 e. The molecule has 0 bridgehead atoms. The number of hydrogen-bond donors (Lipinski definition) is 3. The van der Waals surface area contributed by atoms with Crippen molar-refractivity contribution in [3.8, 4) is 0 Å². The summed E-state index contributed by atoms with van der Waals surface area (Å²) in [5.74, 6) is -0.239. The van der Waals surface area contributed by atoms with Gasteiger partial charge in [0.25, 0.3) is 0 Å². The lowest BCUT2D eigenvalue weighted by Gasteiger charge is -2.25.